The van der Waals surface area contributed by atoms with Gasteiger partial charge in [-0.05, 0) is 37.0 Å². The third-order valence-electron chi connectivity index (χ3n) is 6.84. The van der Waals surface area contributed by atoms with Gasteiger partial charge in [0, 0.05) is 23.5 Å². The van der Waals surface area contributed by atoms with E-state index >= 15 is 0 Å². The van der Waals surface area contributed by atoms with E-state index in [0.29, 0.717) is 17.7 Å². The first-order chi connectivity index (χ1) is 19.4. The van der Waals surface area contributed by atoms with E-state index in [2.05, 4.69) is 9.97 Å². The first-order valence-corrected chi connectivity index (χ1v) is 12.4. The lowest BCUT2D eigenvalue weighted by molar-refractivity contribution is -0.376. The van der Waals surface area contributed by atoms with Crippen LogP contribution in [0, 0.1) is 0 Å². The summed E-state index contributed by atoms with van der Waals surface area (Å²) < 4.78 is 126. The molecule has 1 aliphatic heterocycles. The zero-order valence-corrected chi connectivity index (χ0v) is 21.6. The largest absolute Gasteiger partial charge is 0.472 e. The Balaban J connectivity index is 1.76. The van der Waals surface area contributed by atoms with E-state index in [4.69, 9.17) is 4.74 Å². The first-order valence-electron chi connectivity index (χ1n) is 12.4. The van der Waals surface area contributed by atoms with Gasteiger partial charge in [-0.3, -0.25) is 4.79 Å². The van der Waals surface area contributed by atoms with Crippen LogP contribution in [-0.4, -0.2) is 46.0 Å². The molecule has 0 fully saturated rings. The molecule has 0 aliphatic carbocycles. The molecule has 1 N–H and O–H groups in total. The molecule has 1 aliphatic rings. The summed E-state index contributed by atoms with van der Waals surface area (Å²) in [5.74, 6) is -3.44. The zero-order chi connectivity index (χ0) is 31.1. The van der Waals surface area contributed by atoms with Crippen molar-refractivity contribution in [3.8, 4) is 5.88 Å². The fourth-order valence-electron chi connectivity index (χ4n) is 4.61. The number of amides is 1. The summed E-state index contributed by atoms with van der Waals surface area (Å²) in [7, 11) is 0. The maximum atomic E-state index is 13.7. The minimum atomic E-state index is -6.13. The Kier molecular flexibility index (Phi) is 8.19. The van der Waals surface area contributed by atoms with Gasteiger partial charge in [0.05, 0.1) is 12.5 Å². The predicted octanol–water partition coefficient (Wildman–Crippen LogP) is 6.34. The number of anilines is 1. The van der Waals surface area contributed by atoms with E-state index in [9.17, 15) is 49.4 Å². The Labute approximate surface area is 232 Å². The topological polar surface area (TPSA) is 75.6 Å². The predicted molar refractivity (Wildman–Crippen MR) is 129 cm³/mol. The number of fused-ring (bicyclic) bond motifs is 1. The van der Waals surface area contributed by atoms with E-state index < -0.39 is 59.3 Å². The van der Waals surface area contributed by atoms with Gasteiger partial charge in [0.1, 0.15) is 6.10 Å². The number of hydrogen-bond acceptors (Lipinski definition) is 5. The summed E-state index contributed by atoms with van der Waals surface area (Å²) >= 11 is 0. The minimum Gasteiger partial charge on any atom is -0.472 e. The number of benzene rings is 2. The molecular formula is C27H22F9N3O3. The van der Waals surface area contributed by atoms with Crippen molar-refractivity contribution in [1.82, 2.24) is 9.97 Å². The number of aryl methyl sites for hydroxylation is 1. The number of alkyl halides is 9. The van der Waals surface area contributed by atoms with E-state index in [0.717, 1.165) is 23.2 Å². The van der Waals surface area contributed by atoms with E-state index in [-0.39, 0.29) is 30.6 Å². The summed E-state index contributed by atoms with van der Waals surface area (Å²) in [6.07, 6.45) is -17.8. The molecule has 15 heteroatoms. The van der Waals surface area contributed by atoms with Crippen molar-refractivity contribution in [2.24, 2.45) is 0 Å². The molecule has 0 saturated heterocycles. The number of ether oxygens (including phenoxy) is 1. The molecule has 2 heterocycles. The maximum absolute atomic E-state index is 13.7. The highest BCUT2D eigenvalue weighted by molar-refractivity contribution is 5.98. The van der Waals surface area contributed by atoms with Gasteiger partial charge in [-0.2, -0.15) is 44.5 Å². The second kappa shape index (κ2) is 11.1. The molecule has 3 aromatic rings. The van der Waals surface area contributed by atoms with Crippen LogP contribution < -0.4 is 9.64 Å². The smallest absolute Gasteiger partial charge is 0.451 e. The van der Waals surface area contributed by atoms with Gasteiger partial charge in [0.15, 0.2) is 0 Å². The number of halogens is 9. The van der Waals surface area contributed by atoms with E-state index in [1.54, 1.807) is 37.3 Å². The first kappa shape index (κ1) is 31.1. The number of aromatic nitrogens is 2. The molecule has 1 amide bonds. The van der Waals surface area contributed by atoms with Gasteiger partial charge < -0.3 is 14.7 Å². The van der Waals surface area contributed by atoms with Crippen LogP contribution in [-0.2, 0) is 23.0 Å². The molecule has 2 unspecified atom stereocenters. The van der Waals surface area contributed by atoms with Crippen molar-refractivity contribution in [2.45, 2.75) is 55.9 Å². The minimum absolute atomic E-state index is 0.0389. The second-order valence-electron chi connectivity index (χ2n) is 9.63. The van der Waals surface area contributed by atoms with Crippen LogP contribution in [0.5, 0.6) is 5.88 Å². The normalized spacial score (nSPS) is 17.3. The number of carbonyl (C=O) groups is 1. The highest BCUT2D eigenvalue weighted by Crippen LogP contribution is 2.51. The lowest BCUT2D eigenvalue weighted by Crippen LogP contribution is -2.54. The van der Waals surface area contributed by atoms with Crippen molar-refractivity contribution in [2.75, 3.05) is 11.4 Å². The lowest BCUT2D eigenvalue weighted by atomic mass is 9.89. The Bertz CT molecular complexity index is 1410. The van der Waals surface area contributed by atoms with Crippen LogP contribution in [0.15, 0.2) is 60.8 Å². The highest BCUT2D eigenvalue weighted by Gasteiger charge is 2.71. The van der Waals surface area contributed by atoms with Gasteiger partial charge in [0.2, 0.25) is 17.6 Å². The molecule has 0 bridgehead atoms. The molecule has 42 heavy (non-hydrogen) atoms. The number of carbonyl (C=O) groups excluding carboxylic acids is 1. The molecule has 0 spiro atoms. The molecule has 4 rings (SSSR count). The average molecular weight is 607 g/mol. The Morgan fingerprint density at radius 3 is 2.21 bits per heavy atom. The SMILES string of the molecule is CC(C(=O)N1CC(Oc2ccnc(C(F)(F)F)n2)CCc2cc(C(O)(C(F)(F)F)C(F)(F)F)ccc21)c1ccccc1. The van der Waals surface area contributed by atoms with Crippen LogP contribution in [0.1, 0.15) is 41.8 Å². The van der Waals surface area contributed by atoms with Crippen LogP contribution in [0.4, 0.5) is 45.2 Å². The van der Waals surface area contributed by atoms with Crippen LogP contribution >= 0.6 is 0 Å². The molecule has 226 valence electrons. The fraction of sp³-hybridized carbons (Fsp3) is 0.370. The standard InChI is InChI=1S/C27H22F9N3O3/c1-15(16-5-3-2-4-6-16)22(40)39-14-19(42-21-11-12-37-23(38-21)25(28,29)30)9-7-17-13-18(8-10-20(17)39)24(41,26(31,32)33)27(34,35)36/h2-6,8,10-13,15,19,41H,7,9,14H2,1H3. The number of aliphatic hydroxyl groups is 1. The molecule has 0 radical (unpaired) electrons. The molecular weight excluding hydrogens is 585 g/mol. The summed E-state index contributed by atoms with van der Waals surface area (Å²) in [4.78, 5) is 21.2. The van der Waals surface area contributed by atoms with Crippen molar-refractivity contribution >= 4 is 11.6 Å². The highest BCUT2D eigenvalue weighted by atomic mass is 19.4. The zero-order valence-electron chi connectivity index (χ0n) is 21.6. The average Bonchev–Trinajstić information content (AvgIpc) is 3.09. The molecule has 6 nitrogen and oxygen atoms in total. The quantitative estimate of drug-likeness (QED) is 0.343. The second-order valence-corrected chi connectivity index (χ2v) is 9.63. The van der Waals surface area contributed by atoms with E-state index in [1.807, 2.05) is 0 Å². The maximum Gasteiger partial charge on any atom is 0.451 e. The summed E-state index contributed by atoms with van der Waals surface area (Å²) in [5.41, 5.74) is -6.33. The van der Waals surface area contributed by atoms with E-state index in [1.165, 1.54) is 0 Å². The molecule has 1 aromatic heterocycles. The summed E-state index contributed by atoms with van der Waals surface area (Å²) in [6, 6.07) is 11.2. The van der Waals surface area contributed by atoms with Gasteiger partial charge in [-0.15, -0.1) is 0 Å². The monoisotopic (exact) mass is 607 g/mol. The number of nitrogens with zero attached hydrogens (tertiary/aromatic N) is 3. The molecule has 2 atom stereocenters. The summed E-state index contributed by atoms with van der Waals surface area (Å²) in [5, 5.41) is 9.92. The Morgan fingerprint density at radius 1 is 0.976 bits per heavy atom. The van der Waals surface area contributed by atoms with Gasteiger partial charge in [0.25, 0.3) is 5.60 Å². The van der Waals surface area contributed by atoms with Gasteiger partial charge in [-0.25, -0.2) is 4.98 Å². The third kappa shape index (κ3) is 6.01. The van der Waals surface area contributed by atoms with Crippen LogP contribution in [0.25, 0.3) is 0 Å². The molecule has 0 saturated carbocycles. The summed E-state index contributed by atoms with van der Waals surface area (Å²) in [6.45, 7) is 1.22. The Hall–Kier alpha value is -3.88. The Morgan fingerprint density at radius 2 is 1.62 bits per heavy atom. The molecule has 2 aromatic carbocycles. The number of rotatable bonds is 5. The van der Waals surface area contributed by atoms with Gasteiger partial charge in [-0.1, -0.05) is 42.5 Å². The van der Waals surface area contributed by atoms with Crippen LogP contribution in [0.2, 0.25) is 0 Å². The van der Waals surface area contributed by atoms with Crippen molar-refractivity contribution in [1.29, 1.82) is 0 Å². The van der Waals surface area contributed by atoms with Crippen molar-refractivity contribution in [3.05, 3.63) is 83.3 Å². The van der Waals surface area contributed by atoms with Crippen molar-refractivity contribution in [3.63, 3.8) is 0 Å². The third-order valence-corrected chi connectivity index (χ3v) is 6.84. The number of hydrogen-bond donors (Lipinski definition) is 1. The lowest BCUT2D eigenvalue weighted by Gasteiger charge is -2.34. The van der Waals surface area contributed by atoms with Crippen LogP contribution in [0.3, 0.4) is 0 Å². The van der Waals surface area contributed by atoms with Gasteiger partial charge >= 0.3 is 18.5 Å². The fourth-order valence-corrected chi connectivity index (χ4v) is 4.61. The van der Waals surface area contributed by atoms with Crippen molar-refractivity contribution < 1.29 is 54.2 Å².